The van der Waals surface area contributed by atoms with Crippen LogP contribution in [0, 0.1) is 5.92 Å². The zero-order valence-electron chi connectivity index (χ0n) is 19.0. The highest BCUT2D eigenvalue weighted by molar-refractivity contribution is 7.94. The van der Waals surface area contributed by atoms with Gasteiger partial charge in [-0.1, -0.05) is 18.2 Å². The van der Waals surface area contributed by atoms with Crippen molar-refractivity contribution in [1.82, 2.24) is 14.9 Å². The first kappa shape index (κ1) is 23.5. The number of nitrogens with one attached hydrogen (secondary N) is 1. The summed E-state index contributed by atoms with van der Waals surface area (Å²) in [5.74, 6) is 0.639. The largest absolute Gasteiger partial charge is 0.396 e. The van der Waals surface area contributed by atoms with Gasteiger partial charge in [-0.05, 0) is 61.8 Å². The van der Waals surface area contributed by atoms with Crippen LogP contribution in [0.5, 0.6) is 0 Å². The second-order valence-corrected chi connectivity index (χ2v) is 13.0. The van der Waals surface area contributed by atoms with E-state index in [1.807, 2.05) is 30.5 Å². The minimum atomic E-state index is -3.62. The molecule has 0 radical (unpaired) electrons. The monoisotopic (exact) mass is 516 g/mol. The molecule has 4 heterocycles. The fourth-order valence-electron chi connectivity index (χ4n) is 4.53. The number of sulfonamides is 1. The molecule has 0 atom stereocenters. The van der Waals surface area contributed by atoms with E-state index in [9.17, 15) is 8.42 Å². The van der Waals surface area contributed by atoms with Crippen molar-refractivity contribution in [3.63, 3.8) is 0 Å². The van der Waals surface area contributed by atoms with Crippen LogP contribution < -0.4 is 4.31 Å². The van der Waals surface area contributed by atoms with Crippen molar-refractivity contribution < 1.29 is 13.5 Å². The van der Waals surface area contributed by atoms with Crippen LogP contribution in [0.4, 0.5) is 5.69 Å². The summed E-state index contributed by atoms with van der Waals surface area (Å²) in [5, 5.41) is 12.8. The lowest BCUT2D eigenvalue weighted by Crippen LogP contribution is -2.33. The number of para-hydroxylation sites is 1. The van der Waals surface area contributed by atoms with E-state index in [2.05, 4.69) is 14.9 Å². The van der Waals surface area contributed by atoms with Crippen molar-refractivity contribution in [2.24, 2.45) is 5.92 Å². The van der Waals surface area contributed by atoms with E-state index < -0.39 is 10.0 Å². The molecule has 0 saturated carbocycles. The Morgan fingerprint density at radius 2 is 2.06 bits per heavy atom. The van der Waals surface area contributed by atoms with Crippen molar-refractivity contribution in [1.29, 1.82) is 0 Å². The first-order valence-corrected chi connectivity index (χ1v) is 14.5. The number of aromatic amines is 1. The van der Waals surface area contributed by atoms with E-state index >= 15 is 0 Å². The third-order valence-electron chi connectivity index (χ3n) is 6.49. The molecular formula is C24H28N4O3S3. The minimum absolute atomic E-state index is 0.283. The summed E-state index contributed by atoms with van der Waals surface area (Å²) in [7, 11) is -2.02. The Morgan fingerprint density at radius 3 is 2.79 bits per heavy atom. The van der Waals surface area contributed by atoms with Gasteiger partial charge in [0.2, 0.25) is 0 Å². The van der Waals surface area contributed by atoms with Crippen molar-refractivity contribution >= 4 is 49.3 Å². The molecule has 0 unspecified atom stereocenters. The fourth-order valence-corrected chi connectivity index (χ4v) is 7.83. The Hall–Kier alpha value is -2.24. The average Bonchev–Trinajstić information content (AvgIpc) is 3.60. The average molecular weight is 517 g/mol. The molecule has 0 bridgehead atoms. The van der Waals surface area contributed by atoms with Gasteiger partial charge in [0, 0.05) is 36.7 Å². The quantitative estimate of drug-likeness (QED) is 0.352. The van der Waals surface area contributed by atoms with Gasteiger partial charge < -0.3 is 10.1 Å². The summed E-state index contributed by atoms with van der Waals surface area (Å²) in [5.41, 5.74) is 2.28. The molecule has 0 amide bonds. The molecule has 0 spiro atoms. The SMILES string of the molecule is CN(c1cccc2cc(-c3ncc(CN4CCC(CCO)CC4)s3)[nH]c12)S(=O)(=O)c1cccs1. The van der Waals surface area contributed by atoms with E-state index in [0.717, 1.165) is 60.5 Å². The number of hydrogen-bond donors (Lipinski definition) is 2. The van der Waals surface area contributed by atoms with Gasteiger partial charge in [0.1, 0.15) is 9.22 Å². The number of aliphatic hydroxyl groups is 1. The Balaban J connectivity index is 1.35. The number of anilines is 1. The van der Waals surface area contributed by atoms with Crippen LogP contribution in [-0.2, 0) is 16.6 Å². The first-order valence-electron chi connectivity index (χ1n) is 11.4. The van der Waals surface area contributed by atoms with Crippen LogP contribution in [0.2, 0.25) is 0 Å². The van der Waals surface area contributed by atoms with E-state index in [0.29, 0.717) is 15.8 Å². The normalized spacial score (nSPS) is 15.8. The number of nitrogens with zero attached hydrogens (tertiary/aromatic N) is 3. The predicted octanol–water partition coefficient (Wildman–Crippen LogP) is 4.77. The Morgan fingerprint density at radius 1 is 1.24 bits per heavy atom. The first-order chi connectivity index (χ1) is 16.5. The summed E-state index contributed by atoms with van der Waals surface area (Å²) >= 11 is 2.89. The number of aromatic nitrogens is 2. The molecule has 1 aliphatic rings. The van der Waals surface area contributed by atoms with Crippen LogP contribution in [0.15, 0.2) is 52.2 Å². The highest BCUT2D eigenvalue weighted by Crippen LogP contribution is 2.35. The standard InChI is InChI=1S/C24H28N4O3S3/c1-27(34(30,31)22-6-3-13-32-22)21-5-2-4-18-14-20(26-23(18)21)24-25-15-19(33-24)16-28-10-7-17(8-11-28)9-12-29/h2-6,13-15,17,26,29H,7-12,16H2,1H3. The summed E-state index contributed by atoms with van der Waals surface area (Å²) in [4.78, 5) is 11.7. The van der Waals surface area contributed by atoms with Crippen LogP contribution in [0.3, 0.4) is 0 Å². The maximum absolute atomic E-state index is 13.1. The van der Waals surface area contributed by atoms with E-state index in [-0.39, 0.29) is 6.61 Å². The zero-order valence-corrected chi connectivity index (χ0v) is 21.4. The molecule has 5 rings (SSSR count). The molecule has 7 nitrogen and oxygen atoms in total. The van der Waals surface area contributed by atoms with Crippen LogP contribution in [-0.4, -0.2) is 55.1 Å². The van der Waals surface area contributed by atoms with Crippen molar-refractivity contribution in [2.75, 3.05) is 31.0 Å². The van der Waals surface area contributed by atoms with Gasteiger partial charge >= 0.3 is 0 Å². The Bertz CT molecular complexity index is 1350. The number of likely N-dealkylation sites (tertiary alicyclic amines) is 1. The zero-order chi connectivity index (χ0) is 23.7. The summed E-state index contributed by atoms with van der Waals surface area (Å²) in [6.07, 6.45) is 5.13. The van der Waals surface area contributed by atoms with E-state index in [4.69, 9.17) is 5.11 Å². The number of rotatable bonds is 8. The van der Waals surface area contributed by atoms with Gasteiger partial charge in [0.25, 0.3) is 10.0 Å². The smallest absolute Gasteiger partial charge is 0.273 e. The van der Waals surface area contributed by atoms with Crippen LogP contribution in [0.25, 0.3) is 21.6 Å². The number of thiazole rings is 1. The molecule has 2 N–H and O–H groups in total. The number of benzene rings is 1. The van der Waals surface area contributed by atoms with Gasteiger partial charge in [-0.15, -0.1) is 22.7 Å². The van der Waals surface area contributed by atoms with Crippen molar-refractivity contribution in [2.45, 2.75) is 30.0 Å². The number of piperidine rings is 1. The van der Waals surface area contributed by atoms with Gasteiger partial charge in [-0.25, -0.2) is 13.4 Å². The van der Waals surface area contributed by atoms with Crippen molar-refractivity contribution in [3.05, 3.63) is 52.9 Å². The highest BCUT2D eigenvalue weighted by atomic mass is 32.2. The van der Waals surface area contributed by atoms with Crippen LogP contribution in [0.1, 0.15) is 24.1 Å². The van der Waals surface area contributed by atoms with Gasteiger partial charge in [0.15, 0.2) is 0 Å². The maximum Gasteiger partial charge on any atom is 0.273 e. The molecule has 3 aromatic heterocycles. The van der Waals surface area contributed by atoms with E-state index in [1.54, 1.807) is 35.9 Å². The third-order valence-corrected chi connectivity index (χ3v) is 10.7. The highest BCUT2D eigenvalue weighted by Gasteiger charge is 2.25. The van der Waals surface area contributed by atoms with E-state index in [1.165, 1.54) is 20.5 Å². The topological polar surface area (TPSA) is 89.5 Å². The molecule has 1 aliphatic heterocycles. The molecule has 1 aromatic carbocycles. The molecule has 1 fully saturated rings. The molecule has 10 heteroatoms. The Labute approximate surface area is 207 Å². The molecule has 180 valence electrons. The second kappa shape index (κ2) is 9.79. The van der Waals surface area contributed by atoms with Crippen molar-refractivity contribution in [3.8, 4) is 10.7 Å². The lowest BCUT2D eigenvalue weighted by Gasteiger charge is -2.31. The summed E-state index contributed by atoms with van der Waals surface area (Å²) in [6.45, 7) is 3.28. The predicted molar refractivity (Wildman–Crippen MR) is 139 cm³/mol. The molecule has 4 aromatic rings. The number of thiophene rings is 1. The minimum Gasteiger partial charge on any atom is -0.396 e. The number of fused-ring (bicyclic) bond motifs is 1. The molecular weight excluding hydrogens is 488 g/mol. The fraction of sp³-hybridized carbons (Fsp3) is 0.375. The number of aliphatic hydroxyl groups excluding tert-OH is 1. The third kappa shape index (κ3) is 4.65. The summed E-state index contributed by atoms with van der Waals surface area (Å²) in [6, 6.07) is 11.1. The van der Waals surface area contributed by atoms with Crippen LogP contribution >= 0.6 is 22.7 Å². The lowest BCUT2D eigenvalue weighted by molar-refractivity contribution is 0.154. The maximum atomic E-state index is 13.1. The molecule has 0 aliphatic carbocycles. The number of H-pyrrole nitrogens is 1. The number of hydrogen-bond acceptors (Lipinski definition) is 7. The molecule has 1 saturated heterocycles. The van der Waals surface area contributed by atoms with Gasteiger partial charge in [0.05, 0.1) is 16.9 Å². The van der Waals surface area contributed by atoms with Gasteiger partial charge in [-0.3, -0.25) is 9.21 Å². The Kier molecular flexibility index (Phi) is 6.76. The summed E-state index contributed by atoms with van der Waals surface area (Å²) < 4.78 is 27.8. The lowest BCUT2D eigenvalue weighted by atomic mass is 9.94. The molecule has 34 heavy (non-hydrogen) atoms. The van der Waals surface area contributed by atoms with Gasteiger partial charge in [-0.2, -0.15) is 0 Å². The second-order valence-electron chi connectivity index (χ2n) is 8.69.